The fourth-order valence-corrected chi connectivity index (χ4v) is 4.87. The summed E-state index contributed by atoms with van der Waals surface area (Å²) in [5.74, 6) is 1.21. The van der Waals surface area contributed by atoms with Crippen molar-refractivity contribution in [3.8, 4) is 0 Å². The Morgan fingerprint density at radius 2 is 2.06 bits per heavy atom. The van der Waals surface area contributed by atoms with Crippen molar-refractivity contribution < 1.29 is 0 Å². The molecule has 5 rings (SSSR count). The molecule has 8 heteroatoms. The maximum atomic E-state index is 6.01. The summed E-state index contributed by atoms with van der Waals surface area (Å²) in [6.45, 7) is 5.95. The van der Waals surface area contributed by atoms with Gasteiger partial charge in [0.2, 0.25) is 5.95 Å². The van der Waals surface area contributed by atoms with Gasteiger partial charge in [0.15, 0.2) is 0 Å². The Kier molecular flexibility index (Phi) is 5.61. The van der Waals surface area contributed by atoms with Crippen molar-refractivity contribution in [3.05, 3.63) is 49.1 Å². The highest BCUT2D eigenvalue weighted by molar-refractivity contribution is 6.07. The van der Waals surface area contributed by atoms with E-state index < -0.39 is 0 Å². The number of allylic oxidation sites excluding steroid dienone is 1. The van der Waals surface area contributed by atoms with Crippen LogP contribution in [-0.4, -0.2) is 56.4 Å². The van der Waals surface area contributed by atoms with Crippen LogP contribution in [0.25, 0.3) is 21.9 Å². The zero-order valence-corrected chi connectivity index (χ0v) is 18.5. The number of fused-ring (bicyclic) bond motifs is 3. The number of likely N-dealkylation sites (tertiary alicyclic amines) is 1. The van der Waals surface area contributed by atoms with E-state index in [0.29, 0.717) is 17.8 Å². The monoisotopic (exact) mass is 430 g/mol. The van der Waals surface area contributed by atoms with Crippen molar-refractivity contribution in [2.45, 2.75) is 44.2 Å². The Labute approximate surface area is 188 Å². The van der Waals surface area contributed by atoms with E-state index >= 15 is 0 Å². The van der Waals surface area contributed by atoms with E-state index in [9.17, 15) is 0 Å². The molecule has 8 nitrogen and oxygen atoms in total. The fourth-order valence-electron chi connectivity index (χ4n) is 4.87. The lowest BCUT2D eigenvalue weighted by molar-refractivity contribution is 0.435. The van der Waals surface area contributed by atoms with Crippen LogP contribution in [-0.2, 0) is 0 Å². The van der Waals surface area contributed by atoms with Crippen LogP contribution < -0.4 is 11.1 Å². The van der Waals surface area contributed by atoms with Gasteiger partial charge in [-0.15, -0.1) is 0 Å². The average molecular weight is 431 g/mol. The number of hydrogen-bond donors (Lipinski definition) is 2. The highest BCUT2D eigenvalue weighted by Crippen LogP contribution is 2.37. The number of amidine groups is 1. The van der Waals surface area contributed by atoms with Gasteiger partial charge in [-0.3, -0.25) is 9.98 Å². The summed E-state index contributed by atoms with van der Waals surface area (Å²) in [7, 11) is 1.75. The van der Waals surface area contributed by atoms with Crippen LogP contribution in [0.15, 0.2) is 54.1 Å². The van der Waals surface area contributed by atoms with E-state index in [1.807, 2.05) is 30.7 Å². The minimum Gasteiger partial charge on any atom is -0.370 e. The molecule has 1 aliphatic heterocycles. The molecule has 0 aromatic carbocycles. The van der Waals surface area contributed by atoms with Gasteiger partial charge in [-0.2, -0.15) is 4.98 Å². The number of hydrogen-bond acceptors (Lipinski definition) is 6. The Morgan fingerprint density at radius 1 is 1.22 bits per heavy atom. The molecule has 2 fully saturated rings. The number of rotatable bonds is 5. The Bertz CT molecular complexity index is 1200. The van der Waals surface area contributed by atoms with Crippen LogP contribution in [0.5, 0.6) is 0 Å². The van der Waals surface area contributed by atoms with Crippen LogP contribution in [0, 0.1) is 0 Å². The molecule has 0 radical (unpaired) electrons. The molecule has 3 N–H and O–H groups in total. The average Bonchev–Trinajstić information content (AvgIpc) is 3.55. The first-order valence-corrected chi connectivity index (χ1v) is 11.4. The number of nitrogens with two attached hydrogens (primary N) is 1. The smallest absolute Gasteiger partial charge is 0.230 e. The van der Waals surface area contributed by atoms with Crippen LogP contribution in [0.1, 0.15) is 38.1 Å². The first kappa shape index (κ1) is 20.6. The van der Waals surface area contributed by atoms with Crippen molar-refractivity contribution in [2.24, 2.45) is 10.7 Å². The van der Waals surface area contributed by atoms with Crippen LogP contribution >= 0.6 is 0 Å². The second-order valence-corrected chi connectivity index (χ2v) is 8.69. The van der Waals surface area contributed by atoms with Gasteiger partial charge in [0.1, 0.15) is 11.5 Å². The number of pyridine rings is 1. The third-order valence-electron chi connectivity index (χ3n) is 6.58. The highest BCUT2D eigenvalue weighted by atomic mass is 15.2. The number of nitrogens with zero attached hydrogens (tertiary/aromatic N) is 6. The van der Waals surface area contributed by atoms with Gasteiger partial charge in [0.05, 0.1) is 11.7 Å². The summed E-state index contributed by atoms with van der Waals surface area (Å²) in [6.07, 6.45) is 15.4. The fraction of sp³-hybridized carbons (Fsp3) is 0.417. The SMILES string of the molecule is C=C(/C=C\C(=NC)Nc1ncc2c3ccncc3n(C3CCCC3)c2n1)N1CCC(N)C1. The molecule has 166 valence electrons. The summed E-state index contributed by atoms with van der Waals surface area (Å²) >= 11 is 0. The third-order valence-corrected chi connectivity index (χ3v) is 6.58. The Morgan fingerprint density at radius 3 is 2.81 bits per heavy atom. The molecule has 1 unspecified atom stereocenters. The molecule has 4 heterocycles. The van der Waals surface area contributed by atoms with Crippen LogP contribution in [0.4, 0.5) is 5.95 Å². The molecular formula is C24H30N8. The van der Waals surface area contributed by atoms with Gasteiger partial charge in [-0.25, -0.2) is 4.98 Å². The van der Waals surface area contributed by atoms with Crippen molar-refractivity contribution in [1.82, 2.24) is 24.4 Å². The number of nitrogens with one attached hydrogen (secondary N) is 1. The number of anilines is 1. The summed E-state index contributed by atoms with van der Waals surface area (Å²) in [6, 6.07) is 2.73. The maximum absolute atomic E-state index is 6.01. The normalized spacial score (nSPS) is 20.2. The van der Waals surface area contributed by atoms with Crippen molar-refractivity contribution >= 4 is 33.7 Å². The van der Waals surface area contributed by atoms with Crippen molar-refractivity contribution in [3.63, 3.8) is 0 Å². The summed E-state index contributed by atoms with van der Waals surface area (Å²) in [5, 5.41) is 5.48. The Balaban J connectivity index is 1.43. The molecule has 1 saturated carbocycles. The number of aromatic nitrogens is 4. The minimum absolute atomic E-state index is 0.222. The number of aliphatic imine (C=N–C) groups is 1. The van der Waals surface area contributed by atoms with Crippen LogP contribution in [0.3, 0.4) is 0 Å². The second-order valence-electron chi connectivity index (χ2n) is 8.69. The topological polar surface area (TPSA) is 97.2 Å². The van der Waals surface area contributed by atoms with Crippen LogP contribution in [0.2, 0.25) is 0 Å². The van der Waals surface area contributed by atoms with Crippen molar-refractivity contribution in [2.75, 3.05) is 25.5 Å². The molecule has 1 atom stereocenters. The van der Waals surface area contributed by atoms with E-state index in [4.69, 9.17) is 10.7 Å². The summed E-state index contributed by atoms with van der Waals surface area (Å²) in [5.41, 5.74) is 9.03. The standard InChI is InChI=1S/C24H30N8/c1-16(31-12-10-17(25)15-31)7-8-22(26-2)29-24-28-13-20-19-9-11-27-14-21(19)32(23(20)30-24)18-5-3-4-6-18/h7-9,11,13-14,17-18H,1,3-6,10,12,15,25H2,2H3,(H,26,28,29,30)/b8-7-. The quantitative estimate of drug-likeness (QED) is 0.364. The van der Waals surface area contributed by atoms with Gasteiger partial charge in [0, 0.05) is 61.1 Å². The molecule has 3 aromatic rings. The van der Waals surface area contributed by atoms with E-state index in [-0.39, 0.29) is 6.04 Å². The largest absolute Gasteiger partial charge is 0.370 e. The zero-order valence-electron chi connectivity index (χ0n) is 18.5. The molecule has 0 spiro atoms. The lowest BCUT2D eigenvalue weighted by Gasteiger charge is -2.17. The molecule has 0 bridgehead atoms. The lowest BCUT2D eigenvalue weighted by Crippen LogP contribution is -2.25. The first-order valence-electron chi connectivity index (χ1n) is 11.4. The Hall–Kier alpha value is -3.26. The predicted octanol–water partition coefficient (Wildman–Crippen LogP) is 3.64. The summed E-state index contributed by atoms with van der Waals surface area (Å²) in [4.78, 5) is 20.4. The predicted molar refractivity (Wildman–Crippen MR) is 130 cm³/mol. The third kappa shape index (κ3) is 3.86. The van der Waals surface area contributed by atoms with E-state index in [2.05, 4.69) is 42.4 Å². The van der Waals surface area contributed by atoms with E-state index in [1.54, 1.807) is 7.05 Å². The molecule has 0 amide bonds. The zero-order chi connectivity index (χ0) is 22.1. The summed E-state index contributed by atoms with van der Waals surface area (Å²) < 4.78 is 2.36. The van der Waals surface area contributed by atoms with Gasteiger partial charge in [-0.1, -0.05) is 19.4 Å². The maximum Gasteiger partial charge on any atom is 0.230 e. The lowest BCUT2D eigenvalue weighted by atomic mass is 10.2. The van der Waals surface area contributed by atoms with E-state index in [1.165, 1.54) is 25.7 Å². The van der Waals surface area contributed by atoms with Gasteiger partial charge in [-0.05, 0) is 37.5 Å². The molecule has 1 aliphatic carbocycles. The minimum atomic E-state index is 0.222. The molecule has 2 aliphatic rings. The molecule has 32 heavy (non-hydrogen) atoms. The first-order chi connectivity index (χ1) is 15.6. The van der Waals surface area contributed by atoms with E-state index in [0.717, 1.165) is 47.1 Å². The highest BCUT2D eigenvalue weighted by Gasteiger charge is 2.23. The van der Waals surface area contributed by atoms with Gasteiger partial charge >= 0.3 is 0 Å². The molecular weight excluding hydrogens is 400 g/mol. The van der Waals surface area contributed by atoms with Crippen molar-refractivity contribution in [1.29, 1.82) is 0 Å². The molecule has 1 saturated heterocycles. The second kappa shape index (κ2) is 8.70. The van der Waals surface area contributed by atoms with Gasteiger partial charge in [0.25, 0.3) is 0 Å². The van der Waals surface area contributed by atoms with Gasteiger partial charge < -0.3 is 20.5 Å². The molecule has 3 aromatic heterocycles.